The van der Waals surface area contributed by atoms with Gasteiger partial charge in [-0.25, -0.2) is 4.39 Å². The van der Waals surface area contributed by atoms with Crippen molar-refractivity contribution in [1.29, 1.82) is 0 Å². The molecular weight excluding hydrogens is 370 g/mol. The van der Waals surface area contributed by atoms with Crippen LogP contribution in [0, 0.1) is 5.82 Å². The highest BCUT2D eigenvalue weighted by Crippen LogP contribution is 2.35. The van der Waals surface area contributed by atoms with Gasteiger partial charge in [-0.2, -0.15) is 13.2 Å². The van der Waals surface area contributed by atoms with Gasteiger partial charge in [0.05, 0.1) is 16.2 Å². The maximum absolute atomic E-state index is 14.0. The molecule has 8 heteroatoms. The monoisotopic (exact) mass is 381 g/mol. The summed E-state index contributed by atoms with van der Waals surface area (Å²) in [5.41, 5.74) is -1.51. The molecular formula is C18H11F4NO2S. The van der Waals surface area contributed by atoms with Gasteiger partial charge in [-0.05, 0) is 24.5 Å². The van der Waals surface area contributed by atoms with Crippen molar-refractivity contribution in [2.24, 2.45) is 0 Å². The molecule has 0 fully saturated rings. The van der Waals surface area contributed by atoms with Gasteiger partial charge in [0.25, 0.3) is 0 Å². The van der Waals surface area contributed by atoms with E-state index in [9.17, 15) is 27.2 Å². The quantitative estimate of drug-likeness (QED) is 0.768. The number of ketones is 2. The van der Waals surface area contributed by atoms with Crippen LogP contribution in [0.3, 0.4) is 0 Å². The molecule has 1 aliphatic rings. The van der Waals surface area contributed by atoms with Gasteiger partial charge in [-0.1, -0.05) is 24.3 Å². The summed E-state index contributed by atoms with van der Waals surface area (Å²) in [5.74, 6) is -1.99. The number of anilines is 1. The maximum Gasteiger partial charge on any atom is 0.416 e. The zero-order valence-electron chi connectivity index (χ0n) is 13.3. The Hall–Kier alpha value is -2.61. The zero-order valence-corrected chi connectivity index (χ0v) is 14.1. The van der Waals surface area contributed by atoms with Gasteiger partial charge in [0.1, 0.15) is 11.5 Å². The van der Waals surface area contributed by atoms with Crippen molar-refractivity contribution in [2.75, 3.05) is 11.6 Å². The highest BCUT2D eigenvalue weighted by molar-refractivity contribution is 8.03. The molecule has 2 aromatic rings. The third kappa shape index (κ3) is 3.12. The van der Waals surface area contributed by atoms with Crippen LogP contribution in [-0.4, -0.2) is 17.8 Å². The summed E-state index contributed by atoms with van der Waals surface area (Å²) in [5, 5.41) is 2.40. The number of hydrogen-bond acceptors (Lipinski definition) is 4. The van der Waals surface area contributed by atoms with Crippen molar-refractivity contribution in [3.63, 3.8) is 0 Å². The third-order valence-corrected chi connectivity index (χ3v) is 4.63. The molecule has 1 N–H and O–H groups in total. The second kappa shape index (κ2) is 6.60. The SMILES string of the molecule is CSC1=C(Nc2cc(C(F)(F)F)ccc2F)C(=O)c2ccccc2C1=O. The first-order valence-corrected chi connectivity index (χ1v) is 8.57. The Bertz CT molecular complexity index is 950. The third-order valence-electron chi connectivity index (χ3n) is 3.83. The van der Waals surface area contributed by atoms with Crippen molar-refractivity contribution in [3.8, 4) is 0 Å². The summed E-state index contributed by atoms with van der Waals surface area (Å²) in [4.78, 5) is 25.3. The maximum atomic E-state index is 14.0. The average Bonchev–Trinajstić information content (AvgIpc) is 2.60. The Balaban J connectivity index is 2.09. The van der Waals surface area contributed by atoms with E-state index in [-0.39, 0.29) is 21.7 Å². The zero-order chi connectivity index (χ0) is 19.1. The van der Waals surface area contributed by atoms with Crippen LogP contribution in [0.2, 0.25) is 0 Å². The number of nitrogens with one attached hydrogen (secondary N) is 1. The molecule has 0 heterocycles. The fourth-order valence-corrected chi connectivity index (χ4v) is 3.24. The molecule has 0 unspecified atom stereocenters. The van der Waals surface area contributed by atoms with Crippen LogP contribution in [0.1, 0.15) is 26.3 Å². The predicted octanol–water partition coefficient (Wildman–Crippen LogP) is 4.91. The topological polar surface area (TPSA) is 46.2 Å². The van der Waals surface area contributed by atoms with Crippen LogP contribution in [0.4, 0.5) is 23.2 Å². The average molecular weight is 381 g/mol. The minimum Gasteiger partial charge on any atom is -0.349 e. The van der Waals surface area contributed by atoms with Crippen LogP contribution in [0.25, 0.3) is 0 Å². The van der Waals surface area contributed by atoms with E-state index in [4.69, 9.17) is 0 Å². The molecule has 0 bridgehead atoms. The molecule has 0 atom stereocenters. The first-order chi connectivity index (χ1) is 12.2. The number of carbonyl (C=O) groups is 2. The Morgan fingerprint density at radius 1 is 0.962 bits per heavy atom. The molecule has 0 aromatic heterocycles. The second-order valence-electron chi connectivity index (χ2n) is 5.43. The number of alkyl halides is 3. The van der Waals surface area contributed by atoms with Crippen LogP contribution < -0.4 is 5.32 Å². The van der Waals surface area contributed by atoms with E-state index in [1.54, 1.807) is 18.4 Å². The second-order valence-corrected chi connectivity index (χ2v) is 6.25. The molecule has 134 valence electrons. The summed E-state index contributed by atoms with van der Waals surface area (Å²) in [6.07, 6.45) is -3.11. The fraction of sp³-hybridized carbons (Fsp3) is 0.111. The van der Waals surface area contributed by atoms with Crippen molar-refractivity contribution in [3.05, 3.63) is 75.6 Å². The standard InChI is InChI=1S/C18H11F4NO2S/c1-26-17-14(15(24)10-4-2-3-5-11(10)16(17)25)23-13-8-9(18(20,21)22)6-7-12(13)19/h2-8,23H,1H3. The number of benzene rings is 2. The molecule has 0 saturated heterocycles. The van der Waals surface area contributed by atoms with Crippen LogP contribution >= 0.6 is 11.8 Å². The Morgan fingerprint density at radius 3 is 2.15 bits per heavy atom. The van der Waals surface area contributed by atoms with E-state index in [1.807, 2.05) is 0 Å². The molecule has 2 aromatic carbocycles. The minimum atomic E-state index is -4.67. The predicted molar refractivity (Wildman–Crippen MR) is 90.7 cm³/mol. The molecule has 3 nitrogen and oxygen atoms in total. The molecule has 26 heavy (non-hydrogen) atoms. The van der Waals surface area contributed by atoms with Crippen molar-refractivity contribution >= 4 is 29.0 Å². The number of allylic oxidation sites excluding steroid dienone is 2. The Kier molecular flexibility index (Phi) is 4.62. The number of carbonyl (C=O) groups excluding carboxylic acids is 2. The summed E-state index contributed by atoms with van der Waals surface area (Å²) >= 11 is 0.966. The highest BCUT2D eigenvalue weighted by Gasteiger charge is 2.34. The molecule has 0 amide bonds. The van der Waals surface area contributed by atoms with Crippen LogP contribution in [0.5, 0.6) is 0 Å². The van der Waals surface area contributed by atoms with Gasteiger partial charge >= 0.3 is 6.18 Å². The van der Waals surface area contributed by atoms with E-state index in [2.05, 4.69) is 5.32 Å². The lowest BCUT2D eigenvalue weighted by molar-refractivity contribution is -0.137. The molecule has 1 aliphatic carbocycles. The fourth-order valence-electron chi connectivity index (χ4n) is 2.59. The Labute approximate surface area is 150 Å². The van der Waals surface area contributed by atoms with Gasteiger partial charge in [0, 0.05) is 11.1 Å². The molecule has 0 aliphatic heterocycles. The molecule has 0 spiro atoms. The van der Waals surface area contributed by atoms with Crippen molar-refractivity contribution < 1.29 is 27.2 Å². The lowest BCUT2D eigenvalue weighted by atomic mass is 9.92. The Morgan fingerprint density at radius 2 is 1.58 bits per heavy atom. The number of hydrogen-bond donors (Lipinski definition) is 1. The van der Waals surface area contributed by atoms with E-state index >= 15 is 0 Å². The number of rotatable bonds is 3. The van der Waals surface area contributed by atoms with Crippen molar-refractivity contribution in [1.82, 2.24) is 0 Å². The minimum absolute atomic E-state index is 0.0190. The molecule has 0 saturated carbocycles. The molecule has 0 radical (unpaired) electrons. The van der Waals surface area contributed by atoms with Crippen molar-refractivity contribution in [2.45, 2.75) is 6.18 Å². The van der Waals surface area contributed by atoms with E-state index in [0.717, 1.165) is 11.8 Å². The van der Waals surface area contributed by atoms with Crippen LogP contribution in [0.15, 0.2) is 53.1 Å². The van der Waals surface area contributed by atoms with E-state index in [0.29, 0.717) is 18.2 Å². The first kappa shape index (κ1) is 18.2. The normalized spacial score (nSPS) is 14.5. The van der Waals surface area contributed by atoms with Gasteiger partial charge in [0.15, 0.2) is 0 Å². The van der Waals surface area contributed by atoms with Gasteiger partial charge < -0.3 is 5.32 Å². The lowest BCUT2D eigenvalue weighted by Crippen LogP contribution is -2.25. The first-order valence-electron chi connectivity index (χ1n) is 7.34. The smallest absolute Gasteiger partial charge is 0.349 e. The highest BCUT2D eigenvalue weighted by atomic mass is 32.2. The van der Waals surface area contributed by atoms with Gasteiger partial charge in [-0.15, -0.1) is 11.8 Å². The summed E-state index contributed by atoms with van der Waals surface area (Å²) in [7, 11) is 0. The number of thioether (sulfide) groups is 1. The summed E-state index contributed by atoms with van der Waals surface area (Å²) < 4.78 is 52.6. The molecule has 3 rings (SSSR count). The number of fused-ring (bicyclic) bond motifs is 1. The number of halogens is 4. The van der Waals surface area contributed by atoms with E-state index in [1.165, 1.54) is 12.1 Å². The summed E-state index contributed by atoms with van der Waals surface area (Å²) in [6, 6.07) is 7.94. The van der Waals surface area contributed by atoms with Crippen LogP contribution in [-0.2, 0) is 6.18 Å². The largest absolute Gasteiger partial charge is 0.416 e. The van der Waals surface area contributed by atoms with E-state index < -0.39 is 34.8 Å². The summed E-state index contributed by atoms with van der Waals surface area (Å²) in [6.45, 7) is 0. The van der Waals surface area contributed by atoms with Gasteiger partial charge in [-0.3, -0.25) is 9.59 Å². The number of Topliss-reactive ketones (excluding diaryl/α,β-unsaturated/α-hetero) is 2. The lowest BCUT2D eigenvalue weighted by Gasteiger charge is -2.21. The van der Waals surface area contributed by atoms with Gasteiger partial charge in [0.2, 0.25) is 11.6 Å².